The summed E-state index contributed by atoms with van der Waals surface area (Å²) in [6.07, 6.45) is 2.18. The van der Waals surface area contributed by atoms with Crippen molar-refractivity contribution in [2.75, 3.05) is 13.6 Å². The molecule has 1 aliphatic rings. The van der Waals surface area contributed by atoms with Gasteiger partial charge < -0.3 is 14.6 Å². The Balaban J connectivity index is 1.92. The molecule has 0 bridgehead atoms. The van der Waals surface area contributed by atoms with E-state index in [0.29, 0.717) is 0 Å². The van der Waals surface area contributed by atoms with Gasteiger partial charge in [-0.05, 0) is 74.7 Å². The molecular weight excluding hydrogens is 305 g/mol. The summed E-state index contributed by atoms with van der Waals surface area (Å²) in [7, 11) is 1.63. The van der Waals surface area contributed by atoms with E-state index >= 15 is 0 Å². The van der Waals surface area contributed by atoms with Gasteiger partial charge in [0, 0.05) is 11.2 Å². The Kier molecular flexibility index (Phi) is 4.40. The topological polar surface area (TPSA) is 30.5 Å². The molecule has 1 aromatic carbocycles. The minimum atomic E-state index is -0.318. The Morgan fingerprint density at radius 2 is 1.87 bits per heavy atom. The van der Waals surface area contributed by atoms with Gasteiger partial charge in [-0.15, -0.1) is 11.3 Å². The monoisotopic (exact) mass is 329 g/mol. The van der Waals surface area contributed by atoms with Crippen LogP contribution in [0.25, 0.3) is 16.2 Å². The molecule has 1 aliphatic heterocycles. The molecule has 122 valence electrons. The summed E-state index contributed by atoms with van der Waals surface area (Å²) in [4.78, 5) is 0. The summed E-state index contributed by atoms with van der Waals surface area (Å²) >= 11 is 1.77. The van der Waals surface area contributed by atoms with Crippen LogP contribution in [0.4, 0.5) is 0 Å². The van der Waals surface area contributed by atoms with Crippen molar-refractivity contribution in [3.05, 3.63) is 40.7 Å². The maximum Gasteiger partial charge on any atom is 0.491 e. The van der Waals surface area contributed by atoms with Gasteiger partial charge in [0.05, 0.1) is 11.2 Å². The van der Waals surface area contributed by atoms with E-state index in [9.17, 15) is 0 Å². The first kappa shape index (κ1) is 16.7. The third kappa shape index (κ3) is 3.24. The fourth-order valence-corrected chi connectivity index (χ4v) is 3.46. The SMILES string of the molecule is CNCC(=Cc1ccc2sccc2c1)B1OC(C)(C)C(C)(C)O1. The Morgan fingerprint density at radius 3 is 2.52 bits per heavy atom. The molecule has 0 aliphatic carbocycles. The second-order valence-corrected chi connectivity index (χ2v) is 8.00. The zero-order valence-electron chi connectivity index (χ0n) is 14.5. The lowest BCUT2D eigenvalue weighted by Crippen LogP contribution is -2.41. The van der Waals surface area contributed by atoms with Gasteiger partial charge in [0.1, 0.15) is 0 Å². The molecule has 0 amide bonds. The van der Waals surface area contributed by atoms with Gasteiger partial charge >= 0.3 is 7.12 Å². The zero-order chi connectivity index (χ0) is 16.7. The Hall–Kier alpha value is -1.14. The third-order valence-corrected chi connectivity index (χ3v) is 5.66. The summed E-state index contributed by atoms with van der Waals surface area (Å²) in [5, 5.41) is 6.63. The van der Waals surface area contributed by atoms with E-state index in [1.54, 1.807) is 11.3 Å². The van der Waals surface area contributed by atoms with E-state index in [0.717, 1.165) is 12.0 Å². The maximum absolute atomic E-state index is 6.19. The van der Waals surface area contributed by atoms with Crippen molar-refractivity contribution in [2.45, 2.75) is 38.9 Å². The molecule has 0 radical (unpaired) electrons. The number of fused-ring (bicyclic) bond motifs is 1. The fraction of sp³-hybridized carbons (Fsp3) is 0.444. The molecule has 0 unspecified atom stereocenters. The number of thiophene rings is 1. The normalized spacial score (nSPS) is 20.4. The van der Waals surface area contributed by atoms with Crippen molar-refractivity contribution in [1.29, 1.82) is 0 Å². The Labute approximate surface area is 142 Å². The first-order valence-electron chi connectivity index (χ1n) is 8.00. The fourth-order valence-electron chi connectivity index (χ4n) is 2.69. The molecular formula is C18H24BNO2S. The molecule has 3 rings (SSSR count). The summed E-state index contributed by atoms with van der Waals surface area (Å²) in [6, 6.07) is 8.70. The van der Waals surface area contributed by atoms with E-state index in [4.69, 9.17) is 9.31 Å². The second-order valence-electron chi connectivity index (χ2n) is 7.06. The molecule has 0 spiro atoms. The quantitative estimate of drug-likeness (QED) is 0.856. The lowest BCUT2D eigenvalue weighted by Gasteiger charge is -2.32. The van der Waals surface area contributed by atoms with Crippen molar-refractivity contribution in [1.82, 2.24) is 5.32 Å². The van der Waals surface area contributed by atoms with Crippen molar-refractivity contribution < 1.29 is 9.31 Å². The number of likely N-dealkylation sites (N-methyl/N-ethyl adjacent to an activating group) is 1. The molecule has 2 aromatic rings. The molecule has 1 aromatic heterocycles. The molecule has 3 nitrogen and oxygen atoms in total. The Bertz CT molecular complexity index is 719. The lowest BCUT2D eigenvalue weighted by atomic mass is 9.77. The summed E-state index contributed by atoms with van der Waals surface area (Å²) in [5.74, 6) is 0. The number of nitrogens with one attached hydrogen (secondary N) is 1. The van der Waals surface area contributed by atoms with Crippen molar-refractivity contribution in [3.8, 4) is 0 Å². The van der Waals surface area contributed by atoms with Crippen LogP contribution in [-0.2, 0) is 9.31 Å². The summed E-state index contributed by atoms with van der Waals surface area (Å²) in [6.45, 7) is 9.07. The number of rotatable bonds is 4. The van der Waals surface area contributed by atoms with Crippen molar-refractivity contribution in [2.24, 2.45) is 0 Å². The van der Waals surface area contributed by atoms with Gasteiger partial charge in [0.15, 0.2) is 0 Å². The van der Waals surface area contributed by atoms with Crippen LogP contribution in [0, 0.1) is 0 Å². The average Bonchev–Trinajstić information content (AvgIpc) is 3.00. The molecule has 1 fully saturated rings. The molecule has 1 saturated heterocycles. The van der Waals surface area contributed by atoms with E-state index in [1.807, 2.05) is 7.05 Å². The van der Waals surface area contributed by atoms with Gasteiger partial charge in [-0.2, -0.15) is 0 Å². The van der Waals surface area contributed by atoms with Crippen LogP contribution in [0.3, 0.4) is 0 Å². The van der Waals surface area contributed by atoms with E-state index in [-0.39, 0.29) is 18.3 Å². The second kappa shape index (κ2) is 6.06. The van der Waals surface area contributed by atoms with Gasteiger partial charge in [-0.3, -0.25) is 0 Å². The molecule has 5 heteroatoms. The van der Waals surface area contributed by atoms with Crippen LogP contribution >= 0.6 is 11.3 Å². The van der Waals surface area contributed by atoms with Crippen molar-refractivity contribution in [3.63, 3.8) is 0 Å². The number of hydrogen-bond donors (Lipinski definition) is 1. The van der Waals surface area contributed by atoms with Crippen LogP contribution in [0.1, 0.15) is 33.3 Å². The molecule has 1 N–H and O–H groups in total. The van der Waals surface area contributed by atoms with Crippen LogP contribution in [0.2, 0.25) is 0 Å². The third-order valence-electron chi connectivity index (χ3n) is 4.77. The van der Waals surface area contributed by atoms with E-state index in [2.05, 4.69) is 68.7 Å². The van der Waals surface area contributed by atoms with Crippen LogP contribution in [-0.4, -0.2) is 31.9 Å². The predicted octanol–water partition coefficient (Wildman–Crippen LogP) is 4.14. The van der Waals surface area contributed by atoms with Gasteiger partial charge in [0.2, 0.25) is 0 Å². The van der Waals surface area contributed by atoms with Gasteiger partial charge in [-0.25, -0.2) is 0 Å². The highest BCUT2D eigenvalue weighted by atomic mass is 32.1. The van der Waals surface area contributed by atoms with Crippen molar-refractivity contribution >= 4 is 34.6 Å². The van der Waals surface area contributed by atoms with Gasteiger partial charge in [-0.1, -0.05) is 12.1 Å². The summed E-state index contributed by atoms with van der Waals surface area (Å²) < 4.78 is 13.7. The first-order valence-corrected chi connectivity index (χ1v) is 8.88. The number of benzene rings is 1. The molecule has 0 atom stereocenters. The average molecular weight is 329 g/mol. The first-order chi connectivity index (χ1) is 10.8. The maximum atomic E-state index is 6.19. The predicted molar refractivity (Wildman–Crippen MR) is 99.8 cm³/mol. The highest BCUT2D eigenvalue weighted by Gasteiger charge is 2.52. The minimum absolute atomic E-state index is 0.314. The largest absolute Gasteiger partial charge is 0.491 e. The van der Waals surface area contributed by atoms with Crippen LogP contribution < -0.4 is 5.32 Å². The van der Waals surface area contributed by atoms with Crippen LogP contribution in [0.15, 0.2) is 35.1 Å². The smallest absolute Gasteiger partial charge is 0.400 e. The van der Waals surface area contributed by atoms with Crippen LogP contribution in [0.5, 0.6) is 0 Å². The highest BCUT2D eigenvalue weighted by Crippen LogP contribution is 2.38. The molecule has 23 heavy (non-hydrogen) atoms. The minimum Gasteiger partial charge on any atom is -0.400 e. The summed E-state index contributed by atoms with van der Waals surface area (Å²) in [5.41, 5.74) is 1.65. The van der Waals surface area contributed by atoms with E-state index < -0.39 is 0 Å². The highest BCUT2D eigenvalue weighted by molar-refractivity contribution is 7.17. The molecule has 0 saturated carbocycles. The molecule has 2 heterocycles. The Morgan fingerprint density at radius 1 is 1.17 bits per heavy atom. The van der Waals surface area contributed by atoms with Gasteiger partial charge in [0.25, 0.3) is 0 Å². The lowest BCUT2D eigenvalue weighted by molar-refractivity contribution is 0.00578. The number of hydrogen-bond acceptors (Lipinski definition) is 4. The standard InChI is InChI=1S/C18H24BNO2S/c1-17(2)18(3,4)22-19(21-17)15(12-20-5)11-13-6-7-16-14(10-13)8-9-23-16/h6-11,20H,12H2,1-5H3. The van der Waals surface area contributed by atoms with E-state index in [1.165, 1.54) is 15.6 Å². The zero-order valence-corrected chi connectivity index (χ0v) is 15.3.